The van der Waals surface area contributed by atoms with Crippen LogP contribution < -0.4 is 10.1 Å². The second kappa shape index (κ2) is 9.27. The molecule has 0 aliphatic carbocycles. The van der Waals surface area contributed by atoms with Crippen molar-refractivity contribution in [2.45, 2.75) is 38.9 Å². The van der Waals surface area contributed by atoms with Crippen molar-refractivity contribution >= 4 is 11.8 Å². The standard InChI is InChI=1S/C27H28N2O3/c1-3-32-23-15-13-21(14-16-23)19-29-25(30)24-12-8-7-11-22(24)17-27(29,2)26(31)28-18-20-9-5-4-6-10-20/h4-16H,3,17-19H2,1-2H3,(H,28,31). The van der Waals surface area contributed by atoms with E-state index in [1.54, 1.807) is 4.90 Å². The molecule has 0 bridgehead atoms. The molecule has 3 aromatic rings. The molecule has 5 nitrogen and oxygen atoms in total. The molecular formula is C27H28N2O3. The Morgan fingerprint density at radius 3 is 2.38 bits per heavy atom. The van der Waals surface area contributed by atoms with Crippen LogP contribution in [0.25, 0.3) is 0 Å². The molecule has 1 heterocycles. The highest BCUT2D eigenvalue weighted by molar-refractivity contribution is 6.02. The Bertz CT molecular complexity index is 1100. The molecule has 32 heavy (non-hydrogen) atoms. The third-order valence-electron chi connectivity index (χ3n) is 5.98. The molecule has 1 atom stereocenters. The van der Waals surface area contributed by atoms with Gasteiger partial charge in [0, 0.05) is 25.1 Å². The van der Waals surface area contributed by atoms with E-state index in [9.17, 15) is 9.59 Å². The van der Waals surface area contributed by atoms with Crippen LogP contribution in [0, 0.1) is 0 Å². The van der Waals surface area contributed by atoms with Gasteiger partial charge in [0.05, 0.1) is 6.61 Å². The number of hydrogen-bond acceptors (Lipinski definition) is 3. The molecule has 1 N–H and O–H groups in total. The summed E-state index contributed by atoms with van der Waals surface area (Å²) in [6, 6.07) is 25.0. The van der Waals surface area contributed by atoms with Crippen molar-refractivity contribution in [3.8, 4) is 5.75 Å². The van der Waals surface area contributed by atoms with E-state index >= 15 is 0 Å². The molecule has 164 valence electrons. The maximum atomic E-state index is 13.5. The lowest BCUT2D eigenvalue weighted by atomic mass is 9.82. The molecule has 0 saturated carbocycles. The van der Waals surface area contributed by atoms with Gasteiger partial charge >= 0.3 is 0 Å². The lowest BCUT2D eigenvalue weighted by Crippen LogP contribution is -2.62. The summed E-state index contributed by atoms with van der Waals surface area (Å²) in [5.41, 5.74) is 2.52. The monoisotopic (exact) mass is 428 g/mol. The van der Waals surface area contributed by atoms with Crippen LogP contribution in [0.1, 0.15) is 40.9 Å². The summed E-state index contributed by atoms with van der Waals surface area (Å²) < 4.78 is 5.53. The first-order chi connectivity index (χ1) is 15.5. The van der Waals surface area contributed by atoms with Gasteiger partial charge in [-0.25, -0.2) is 0 Å². The SMILES string of the molecule is CCOc1ccc(CN2C(=O)c3ccccc3CC2(C)C(=O)NCc2ccccc2)cc1. The van der Waals surface area contributed by atoms with E-state index in [1.807, 2.05) is 92.7 Å². The first-order valence-electron chi connectivity index (χ1n) is 10.9. The molecule has 2 amide bonds. The van der Waals surface area contributed by atoms with Gasteiger partial charge < -0.3 is 15.0 Å². The Balaban J connectivity index is 1.62. The van der Waals surface area contributed by atoms with Gasteiger partial charge in [0.25, 0.3) is 5.91 Å². The minimum Gasteiger partial charge on any atom is -0.494 e. The first-order valence-corrected chi connectivity index (χ1v) is 10.9. The van der Waals surface area contributed by atoms with Crippen LogP contribution in [-0.4, -0.2) is 28.9 Å². The van der Waals surface area contributed by atoms with Crippen LogP contribution in [0.5, 0.6) is 5.75 Å². The minimum atomic E-state index is -1.00. The first kappa shape index (κ1) is 21.6. The fourth-order valence-electron chi connectivity index (χ4n) is 4.18. The Morgan fingerprint density at radius 2 is 1.66 bits per heavy atom. The molecular weight excluding hydrogens is 400 g/mol. The van der Waals surface area contributed by atoms with Crippen molar-refractivity contribution < 1.29 is 14.3 Å². The summed E-state index contributed by atoms with van der Waals surface area (Å²) in [6.45, 7) is 5.16. The van der Waals surface area contributed by atoms with Gasteiger partial charge in [-0.05, 0) is 48.7 Å². The molecule has 1 aliphatic rings. The number of nitrogens with one attached hydrogen (secondary N) is 1. The van der Waals surface area contributed by atoms with Crippen LogP contribution in [0.3, 0.4) is 0 Å². The number of rotatable bonds is 7. The van der Waals surface area contributed by atoms with E-state index in [0.29, 0.717) is 31.7 Å². The fraction of sp³-hybridized carbons (Fsp3) is 0.259. The Labute approximate surface area is 189 Å². The molecule has 0 radical (unpaired) electrons. The van der Waals surface area contributed by atoms with Crippen LogP contribution in [0.4, 0.5) is 0 Å². The number of amides is 2. The third-order valence-corrected chi connectivity index (χ3v) is 5.98. The summed E-state index contributed by atoms with van der Waals surface area (Å²) in [4.78, 5) is 28.7. The third kappa shape index (κ3) is 4.37. The highest BCUT2D eigenvalue weighted by atomic mass is 16.5. The van der Waals surface area contributed by atoms with Crippen LogP contribution >= 0.6 is 0 Å². The summed E-state index contributed by atoms with van der Waals surface area (Å²) in [5.74, 6) is 0.503. The van der Waals surface area contributed by atoms with E-state index in [1.165, 1.54) is 0 Å². The lowest BCUT2D eigenvalue weighted by molar-refractivity contribution is -0.132. The van der Waals surface area contributed by atoms with Crippen LogP contribution in [0.2, 0.25) is 0 Å². The molecule has 0 fully saturated rings. The summed E-state index contributed by atoms with van der Waals surface area (Å²) in [7, 11) is 0. The van der Waals surface area contributed by atoms with Gasteiger partial charge in [0.1, 0.15) is 11.3 Å². The van der Waals surface area contributed by atoms with E-state index in [4.69, 9.17) is 4.74 Å². The van der Waals surface area contributed by atoms with E-state index in [0.717, 1.165) is 22.4 Å². The summed E-state index contributed by atoms with van der Waals surface area (Å²) in [6.07, 6.45) is 0.465. The van der Waals surface area contributed by atoms with E-state index in [-0.39, 0.29) is 11.8 Å². The topological polar surface area (TPSA) is 58.6 Å². The quantitative estimate of drug-likeness (QED) is 0.608. The molecule has 5 heteroatoms. The maximum Gasteiger partial charge on any atom is 0.255 e. The predicted octanol–water partition coefficient (Wildman–Crippen LogP) is 4.36. The van der Waals surface area contributed by atoms with Crippen molar-refractivity contribution in [2.24, 2.45) is 0 Å². The Morgan fingerprint density at radius 1 is 0.969 bits per heavy atom. The number of benzene rings is 3. The second-order valence-electron chi connectivity index (χ2n) is 8.24. The van der Waals surface area contributed by atoms with Gasteiger partial charge in [0.15, 0.2) is 0 Å². The van der Waals surface area contributed by atoms with Gasteiger partial charge in [-0.3, -0.25) is 9.59 Å². The molecule has 1 unspecified atom stereocenters. The van der Waals surface area contributed by atoms with Crippen molar-refractivity contribution in [1.82, 2.24) is 10.2 Å². The number of carbonyl (C=O) groups is 2. The Hall–Kier alpha value is -3.60. The summed E-state index contributed by atoms with van der Waals surface area (Å²) in [5, 5.41) is 3.05. The largest absolute Gasteiger partial charge is 0.494 e. The van der Waals surface area contributed by atoms with Crippen LogP contribution in [-0.2, 0) is 24.3 Å². The molecule has 1 aliphatic heterocycles. The zero-order chi connectivity index (χ0) is 22.6. The number of ether oxygens (including phenoxy) is 1. The number of hydrogen-bond donors (Lipinski definition) is 1. The number of fused-ring (bicyclic) bond motifs is 1. The van der Waals surface area contributed by atoms with E-state index < -0.39 is 5.54 Å². The molecule has 0 aromatic heterocycles. The van der Waals surface area contributed by atoms with Crippen molar-refractivity contribution in [2.75, 3.05) is 6.61 Å². The van der Waals surface area contributed by atoms with Gasteiger partial charge in [-0.15, -0.1) is 0 Å². The van der Waals surface area contributed by atoms with Gasteiger partial charge in [-0.1, -0.05) is 60.7 Å². The zero-order valence-electron chi connectivity index (χ0n) is 18.5. The second-order valence-corrected chi connectivity index (χ2v) is 8.24. The molecule has 3 aromatic carbocycles. The minimum absolute atomic E-state index is 0.127. The fourth-order valence-corrected chi connectivity index (χ4v) is 4.18. The van der Waals surface area contributed by atoms with Crippen molar-refractivity contribution in [3.05, 3.63) is 101 Å². The highest BCUT2D eigenvalue weighted by Gasteiger charge is 2.46. The maximum absolute atomic E-state index is 13.5. The average Bonchev–Trinajstić information content (AvgIpc) is 2.82. The smallest absolute Gasteiger partial charge is 0.255 e. The Kier molecular flexibility index (Phi) is 6.26. The average molecular weight is 429 g/mol. The van der Waals surface area contributed by atoms with Gasteiger partial charge in [-0.2, -0.15) is 0 Å². The van der Waals surface area contributed by atoms with Crippen LogP contribution in [0.15, 0.2) is 78.9 Å². The number of nitrogens with zero attached hydrogens (tertiary/aromatic N) is 1. The predicted molar refractivity (Wildman–Crippen MR) is 124 cm³/mol. The molecule has 4 rings (SSSR count). The number of carbonyl (C=O) groups excluding carboxylic acids is 2. The summed E-state index contributed by atoms with van der Waals surface area (Å²) >= 11 is 0. The normalized spacial score (nSPS) is 17.6. The van der Waals surface area contributed by atoms with Gasteiger partial charge in [0.2, 0.25) is 5.91 Å². The molecule has 0 spiro atoms. The zero-order valence-corrected chi connectivity index (χ0v) is 18.5. The molecule has 0 saturated heterocycles. The lowest BCUT2D eigenvalue weighted by Gasteiger charge is -2.44. The van der Waals surface area contributed by atoms with Crippen molar-refractivity contribution in [1.29, 1.82) is 0 Å². The van der Waals surface area contributed by atoms with E-state index in [2.05, 4.69) is 5.32 Å². The van der Waals surface area contributed by atoms with Crippen molar-refractivity contribution in [3.63, 3.8) is 0 Å². The highest BCUT2D eigenvalue weighted by Crippen LogP contribution is 2.33.